The van der Waals surface area contributed by atoms with Gasteiger partial charge in [-0.3, -0.25) is 4.79 Å². The molecule has 0 heterocycles. The van der Waals surface area contributed by atoms with Crippen molar-refractivity contribution < 1.29 is 19.4 Å². The summed E-state index contributed by atoms with van der Waals surface area (Å²) in [5, 5.41) is 12.2. The number of likely N-dealkylation sites (N-methyl/N-ethyl adjacent to an activating group) is 1. The number of methoxy groups -OCH3 is 1. The van der Waals surface area contributed by atoms with Crippen LogP contribution in [-0.4, -0.2) is 36.9 Å². The number of hydrogen-bond donors (Lipinski definition) is 2. The molecule has 0 bridgehead atoms. The molecule has 0 radical (unpaired) electrons. The maximum Gasteiger partial charge on any atom is 0.326 e. The molecule has 2 atom stereocenters. The molecular formula is C15H21NO4. The molecule has 1 aliphatic carbocycles. The van der Waals surface area contributed by atoms with E-state index in [0.717, 1.165) is 17.7 Å². The van der Waals surface area contributed by atoms with Crippen LogP contribution in [0.1, 0.15) is 24.8 Å². The fourth-order valence-corrected chi connectivity index (χ4v) is 2.72. The Morgan fingerprint density at radius 3 is 3.00 bits per heavy atom. The number of esters is 1. The molecule has 0 amide bonds. The fourth-order valence-electron chi connectivity index (χ4n) is 2.72. The zero-order valence-electron chi connectivity index (χ0n) is 11.9. The molecule has 1 aromatic carbocycles. The lowest BCUT2D eigenvalue weighted by atomic mass is 9.98. The van der Waals surface area contributed by atoms with Crippen LogP contribution in [-0.2, 0) is 16.1 Å². The Labute approximate surface area is 118 Å². The lowest BCUT2D eigenvalue weighted by Crippen LogP contribution is -2.49. The maximum atomic E-state index is 11.9. The van der Waals surface area contributed by atoms with E-state index >= 15 is 0 Å². The lowest BCUT2D eigenvalue weighted by Gasteiger charge is -2.25. The average molecular weight is 279 g/mol. The van der Waals surface area contributed by atoms with Crippen LogP contribution < -0.4 is 10.1 Å². The smallest absolute Gasteiger partial charge is 0.326 e. The van der Waals surface area contributed by atoms with Gasteiger partial charge >= 0.3 is 5.97 Å². The second kappa shape index (κ2) is 6.24. The highest BCUT2D eigenvalue weighted by molar-refractivity contribution is 5.81. The summed E-state index contributed by atoms with van der Waals surface area (Å²) in [6, 6.07) is 7.36. The van der Waals surface area contributed by atoms with Crippen LogP contribution in [0.4, 0.5) is 0 Å². The number of aliphatic hydroxyl groups excluding tert-OH is 1. The number of benzene rings is 1. The van der Waals surface area contributed by atoms with Crippen LogP contribution >= 0.6 is 0 Å². The summed E-state index contributed by atoms with van der Waals surface area (Å²) in [4.78, 5) is 11.9. The van der Waals surface area contributed by atoms with Crippen LogP contribution in [0.3, 0.4) is 0 Å². The quantitative estimate of drug-likeness (QED) is 0.794. The zero-order chi connectivity index (χ0) is 14.6. The number of ether oxygens (including phenoxy) is 2. The van der Waals surface area contributed by atoms with E-state index in [4.69, 9.17) is 14.6 Å². The second-order valence-corrected chi connectivity index (χ2v) is 5.11. The number of rotatable bonds is 5. The van der Waals surface area contributed by atoms with E-state index in [0.29, 0.717) is 12.8 Å². The van der Waals surface area contributed by atoms with Crippen LogP contribution in [0.25, 0.3) is 0 Å². The van der Waals surface area contributed by atoms with E-state index in [1.165, 1.54) is 7.11 Å². The molecule has 0 saturated heterocycles. The summed E-state index contributed by atoms with van der Waals surface area (Å²) < 4.78 is 10.8. The van der Waals surface area contributed by atoms with Gasteiger partial charge in [-0.1, -0.05) is 12.1 Å². The molecule has 1 aliphatic rings. The minimum atomic E-state index is -0.645. The third-order valence-corrected chi connectivity index (χ3v) is 3.91. The highest BCUT2D eigenvalue weighted by Gasteiger charge is 2.46. The first kappa shape index (κ1) is 14.8. The van der Waals surface area contributed by atoms with Crippen molar-refractivity contribution in [1.29, 1.82) is 0 Å². The summed E-state index contributed by atoms with van der Waals surface area (Å²) >= 11 is 0. The van der Waals surface area contributed by atoms with Crippen LogP contribution in [0.2, 0.25) is 0 Å². The van der Waals surface area contributed by atoms with Crippen LogP contribution in [0, 0.1) is 0 Å². The Bertz CT molecular complexity index is 477. The highest BCUT2D eigenvalue weighted by Crippen LogP contribution is 2.33. The van der Waals surface area contributed by atoms with Gasteiger partial charge in [0.15, 0.2) is 0 Å². The van der Waals surface area contributed by atoms with Gasteiger partial charge in [-0.15, -0.1) is 0 Å². The number of carbonyl (C=O) groups excluding carboxylic acids is 1. The number of carbonyl (C=O) groups is 1. The van der Waals surface area contributed by atoms with Crippen molar-refractivity contribution >= 4 is 5.97 Å². The fraction of sp³-hybridized carbons (Fsp3) is 0.533. The molecule has 5 nitrogen and oxygen atoms in total. The predicted octanol–water partition coefficient (Wildman–Crippen LogP) is 1.24. The van der Waals surface area contributed by atoms with Crippen LogP contribution in [0.5, 0.6) is 5.75 Å². The second-order valence-electron chi connectivity index (χ2n) is 5.11. The van der Waals surface area contributed by atoms with Crippen molar-refractivity contribution in [2.75, 3.05) is 14.2 Å². The molecule has 1 saturated carbocycles. The predicted molar refractivity (Wildman–Crippen MR) is 74.4 cm³/mol. The van der Waals surface area contributed by atoms with Gasteiger partial charge in [0.25, 0.3) is 0 Å². The molecule has 0 spiro atoms. The SMILES string of the molecule is CNC1(C(=O)OC)CCC(Oc2cccc(CO)c2)C1. The summed E-state index contributed by atoms with van der Waals surface area (Å²) in [5.74, 6) is 0.480. The third kappa shape index (κ3) is 2.94. The van der Waals surface area contributed by atoms with E-state index in [9.17, 15) is 4.79 Å². The normalized spacial score (nSPS) is 25.4. The van der Waals surface area contributed by atoms with E-state index in [1.807, 2.05) is 24.3 Å². The van der Waals surface area contributed by atoms with Crippen LogP contribution in [0.15, 0.2) is 24.3 Å². The molecule has 0 aliphatic heterocycles. The molecule has 2 rings (SSSR count). The minimum absolute atomic E-state index is 0.00944. The zero-order valence-corrected chi connectivity index (χ0v) is 11.9. The molecular weight excluding hydrogens is 258 g/mol. The standard InChI is InChI=1S/C15H21NO4/c1-16-15(14(18)19-2)7-6-13(9-15)20-12-5-3-4-11(8-12)10-17/h3-5,8,13,16-17H,6-7,9-10H2,1-2H3. The van der Waals surface area contributed by atoms with Crippen molar-refractivity contribution in [3.05, 3.63) is 29.8 Å². The van der Waals surface area contributed by atoms with Crippen molar-refractivity contribution in [3.8, 4) is 5.75 Å². The highest BCUT2D eigenvalue weighted by atomic mass is 16.5. The summed E-state index contributed by atoms with van der Waals surface area (Å²) in [7, 11) is 3.17. The summed E-state index contributed by atoms with van der Waals surface area (Å²) in [6.45, 7) is -0.00944. The first-order chi connectivity index (χ1) is 9.63. The van der Waals surface area contributed by atoms with Crippen molar-refractivity contribution in [3.63, 3.8) is 0 Å². The lowest BCUT2D eigenvalue weighted by molar-refractivity contribution is -0.148. The molecule has 20 heavy (non-hydrogen) atoms. The Kier molecular flexibility index (Phi) is 4.62. The molecule has 1 aromatic rings. The first-order valence-corrected chi connectivity index (χ1v) is 6.77. The van der Waals surface area contributed by atoms with Gasteiger partial charge in [0.05, 0.1) is 13.7 Å². The minimum Gasteiger partial charge on any atom is -0.490 e. The molecule has 2 unspecified atom stereocenters. The third-order valence-electron chi connectivity index (χ3n) is 3.91. The topological polar surface area (TPSA) is 67.8 Å². The van der Waals surface area contributed by atoms with E-state index in [-0.39, 0.29) is 18.7 Å². The molecule has 110 valence electrons. The Morgan fingerprint density at radius 2 is 2.35 bits per heavy atom. The van der Waals surface area contributed by atoms with Gasteiger partial charge < -0.3 is 19.9 Å². The summed E-state index contributed by atoms with van der Waals surface area (Å²) in [6.07, 6.45) is 2.04. The number of hydrogen-bond acceptors (Lipinski definition) is 5. The Morgan fingerprint density at radius 1 is 1.55 bits per heavy atom. The molecule has 1 fully saturated rings. The van der Waals surface area contributed by atoms with E-state index in [2.05, 4.69) is 5.32 Å². The number of aliphatic hydroxyl groups is 1. The van der Waals surface area contributed by atoms with Gasteiger partial charge in [0.1, 0.15) is 17.4 Å². The Hall–Kier alpha value is -1.59. The van der Waals surface area contributed by atoms with E-state index < -0.39 is 5.54 Å². The average Bonchev–Trinajstić information content (AvgIpc) is 2.91. The first-order valence-electron chi connectivity index (χ1n) is 6.77. The van der Waals surface area contributed by atoms with Crippen molar-refractivity contribution in [2.24, 2.45) is 0 Å². The molecule has 2 N–H and O–H groups in total. The van der Waals surface area contributed by atoms with Gasteiger partial charge in [0, 0.05) is 6.42 Å². The van der Waals surface area contributed by atoms with Gasteiger partial charge in [-0.25, -0.2) is 0 Å². The maximum absolute atomic E-state index is 11.9. The molecule has 0 aromatic heterocycles. The van der Waals surface area contributed by atoms with E-state index in [1.54, 1.807) is 7.05 Å². The largest absolute Gasteiger partial charge is 0.490 e. The summed E-state index contributed by atoms with van der Waals surface area (Å²) in [5.41, 5.74) is 0.168. The van der Waals surface area contributed by atoms with Crippen molar-refractivity contribution in [2.45, 2.75) is 37.5 Å². The van der Waals surface area contributed by atoms with Crippen molar-refractivity contribution in [1.82, 2.24) is 5.32 Å². The molecule has 5 heteroatoms. The Balaban J connectivity index is 2.03. The van der Waals surface area contributed by atoms with Gasteiger partial charge in [-0.05, 0) is 37.6 Å². The van der Waals surface area contributed by atoms with Gasteiger partial charge in [-0.2, -0.15) is 0 Å². The van der Waals surface area contributed by atoms with Gasteiger partial charge in [0.2, 0.25) is 0 Å². The number of nitrogens with one attached hydrogen (secondary N) is 1. The monoisotopic (exact) mass is 279 g/mol.